The van der Waals surface area contributed by atoms with Crippen LogP contribution in [-0.2, 0) is 12.7 Å². The molecule has 0 radical (unpaired) electrons. The molecule has 0 unspecified atom stereocenters. The molecule has 3 nitrogen and oxygen atoms in total. The number of aromatic nitrogens is 2. The van der Waals surface area contributed by atoms with Crippen LogP contribution in [0.4, 0.5) is 18.9 Å². The minimum absolute atomic E-state index is 0.0893. The molecule has 108 valence electrons. The van der Waals surface area contributed by atoms with Gasteiger partial charge in [-0.2, -0.15) is 18.3 Å². The molecule has 1 heterocycles. The van der Waals surface area contributed by atoms with E-state index in [1.807, 2.05) is 13.8 Å². The van der Waals surface area contributed by atoms with Gasteiger partial charge in [0.2, 0.25) is 0 Å². The molecule has 0 spiro atoms. The molecular formula is C14H16F3N3. The first kappa shape index (κ1) is 14.4. The summed E-state index contributed by atoms with van der Waals surface area (Å²) in [7, 11) is 0. The molecule has 0 amide bonds. The Bertz CT molecular complexity index is 600. The molecule has 0 saturated heterocycles. The van der Waals surface area contributed by atoms with Gasteiger partial charge in [-0.1, -0.05) is 13.8 Å². The summed E-state index contributed by atoms with van der Waals surface area (Å²) in [6, 6.07) is 3.54. The van der Waals surface area contributed by atoms with Gasteiger partial charge in [0.05, 0.1) is 11.8 Å². The van der Waals surface area contributed by atoms with Gasteiger partial charge >= 0.3 is 6.18 Å². The van der Waals surface area contributed by atoms with Gasteiger partial charge in [0.25, 0.3) is 0 Å². The van der Waals surface area contributed by atoms with Crippen molar-refractivity contribution < 1.29 is 13.2 Å². The molecule has 0 aliphatic carbocycles. The van der Waals surface area contributed by atoms with Gasteiger partial charge in [0.1, 0.15) is 0 Å². The Morgan fingerprint density at radius 1 is 1.20 bits per heavy atom. The van der Waals surface area contributed by atoms with Crippen LogP contribution in [0.5, 0.6) is 0 Å². The third-order valence-corrected chi connectivity index (χ3v) is 2.80. The molecule has 2 aromatic rings. The molecule has 0 saturated carbocycles. The van der Waals surface area contributed by atoms with Crippen LogP contribution in [0.15, 0.2) is 30.6 Å². The summed E-state index contributed by atoms with van der Waals surface area (Å²) in [5.41, 5.74) is 5.95. The average molecular weight is 283 g/mol. The number of hydrogen-bond acceptors (Lipinski definition) is 2. The molecule has 2 N–H and O–H groups in total. The number of hydrogen-bond donors (Lipinski definition) is 1. The molecule has 0 atom stereocenters. The highest BCUT2D eigenvalue weighted by Gasteiger charge is 2.31. The molecule has 2 rings (SSSR count). The zero-order valence-corrected chi connectivity index (χ0v) is 11.3. The lowest BCUT2D eigenvalue weighted by atomic mass is 10.0. The Morgan fingerprint density at radius 2 is 1.90 bits per heavy atom. The van der Waals surface area contributed by atoms with Gasteiger partial charge in [0.15, 0.2) is 0 Å². The molecule has 0 fully saturated rings. The topological polar surface area (TPSA) is 43.8 Å². The normalized spacial score (nSPS) is 12.1. The predicted molar refractivity (Wildman–Crippen MR) is 71.9 cm³/mol. The monoisotopic (exact) mass is 283 g/mol. The third kappa shape index (κ3) is 3.31. The van der Waals surface area contributed by atoms with Gasteiger partial charge in [0, 0.05) is 24.0 Å². The summed E-state index contributed by atoms with van der Waals surface area (Å²) in [4.78, 5) is 0. The molecule has 0 aliphatic rings. The van der Waals surface area contributed by atoms with Crippen molar-refractivity contribution in [1.82, 2.24) is 9.78 Å². The van der Waals surface area contributed by atoms with Crippen molar-refractivity contribution in [1.29, 1.82) is 0 Å². The molecule has 6 heteroatoms. The standard InChI is InChI=1S/C14H16F3N3/c1-9(2)7-20-8-11(6-19-20)10-3-12(14(15,16)17)5-13(18)4-10/h3-6,8-9H,7,18H2,1-2H3. The smallest absolute Gasteiger partial charge is 0.399 e. The number of nitrogen functional groups attached to an aromatic ring is 1. The number of anilines is 1. The summed E-state index contributed by atoms with van der Waals surface area (Å²) < 4.78 is 40.0. The zero-order valence-electron chi connectivity index (χ0n) is 11.3. The van der Waals surface area contributed by atoms with Crippen LogP contribution >= 0.6 is 0 Å². The van der Waals surface area contributed by atoms with Crippen molar-refractivity contribution in [2.75, 3.05) is 5.73 Å². The van der Waals surface area contributed by atoms with E-state index in [9.17, 15) is 13.2 Å². The maximum Gasteiger partial charge on any atom is 0.416 e. The summed E-state index contributed by atoms with van der Waals surface area (Å²) in [5.74, 6) is 0.411. The highest BCUT2D eigenvalue weighted by atomic mass is 19.4. The van der Waals surface area contributed by atoms with E-state index in [0.29, 0.717) is 23.6 Å². The minimum Gasteiger partial charge on any atom is -0.399 e. The van der Waals surface area contributed by atoms with Gasteiger partial charge in [-0.15, -0.1) is 0 Å². The Morgan fingerprint density at radius 3 is 2.50 bits per heavy atom. The van der Waals surface area contributed by atoms with Crippen LogP contribution in [0.25, 0.3) is 11.1 Å². The predicted octanol–water partition coefficient (Wildman–Crippen LogP) is 3.81. The number of rotatable bonds is 3. The van der Waals surface area contributed by atoms with Crippen molar-refractivity contribution in [3.05, 3.63) is 36.2 Å². The quantitative estimate of drug-likeness (QED) is 0.870. The first-order valence-electron chi connectivity index (χ1n) is 6.26. The zero-order chi connectivity index (χ0) is 14.9. The Balaban J connectivity index is 2.37. The van der Waals surface area contributed by atoms with E-state index in [2.05, 4.69) is 5.10 Å². The van der Waals surface area contributed by atoms with Crippen LogP contribution in [0.1, 0.15) is 19.4 Å². The number of nitrogens with zero attached hydrogens (tertiary/aromatic N) is 2. The molecular weight excluding hydrogens is 267 g/mol. The Labute approximate surface area is 115 Å². The first-order valence-corrected chi connectivity index (χ1v) is 6.26. The summed E-state index contributed by atoms with van der Waals surface area (Å²) in [6.45, 7) is 4.81. The van der Waals surface area contributed by atoms with Crippen molar-refractivity contribution >= 4 is 5.69 Å². The largest absolute Gasteiger partial charge is 0.416 e. The third-order valence-electron chi connectivity index (χ3n) is 2.80. The van der Waals surface area contributed by atoms with Crippen LogP contribution in [0.2, 0.25) is 0 Å². The number of alkyl halides is 3. The summed E-state index contributed by atoms with van der Waals surface area (Å²) in [5, 5.41) is 4.15. The fourth-order valence-corrected chi connectivity index (χ4v) is 1.97. The van der Waals surface area contributed by atoms with Crippen molar-refractivity contribution in [3.8, 4) is 11.1 Å². The highest BCUT2D eigenvalue weighted by molar-refractivity contribution is 5.67. The van der Waals surface area contributed by atoms with E-state index in [-0.39, 0.29) is 5.69 Å². The number of halogens is 3. The van der Waals surface area contributed by atoms with E-state index in [1.54, 1.807) is 17.1 Å². The second kappa shape index (κ2) is 5.19. The number of benzene rings is 1. The van der Waals surface area contributed by atoms with Crippen LogP contribution in [0, 0.1) is 5.92 Å². The lowest BCUT2D eigenvalue weighted by Crippen LogP contribution is -2.06. The fourth-order valence-electron chi connectivity index (χ4n) is 1.97. The second-order valence-electron chi connectivity index (χ2n) is 5.19. The second-order valence-corrected chi connectivity index (χ2v) is 5.19. The van der Waals surface area contributed by atoms with Gasteiger partial charge in [-0.3, -0.25) is 4.68 Å². The fraction of sp³-hybridized carbons (Fsp3) is 0.357. The van der Waals surface area contributed by atoms with Crippen molar-refractivity contribution in [3.63, 3.8) is 0 Å². The molecule has 20 heavy (non-hydrogen) atoms. The Hall–Kier alpha value is -1.98. The van der Waals surface area contributed by atoms with Crippen LogP contribution in [0.3, 0.4) is 0 Å². The van der Waals surface area contributed by atoms with Crippen LogP contribution < -0.4 is 5.73 Å². The maximum atomic E-state index is 12.8. The average Bonchev–Trinajstić information content (AvgIpc) is 2.74. The lowest BCUT2D eigenvalue weighted by molar-refractivity contribution is -0.137. The molecule has 0 bridgehead atoms. The summed E-state index contributed by atoms with van der Waals surface area (Å²) in [6.07, 6.45) is -1.12. The SMILES string of the molecule is CC(C)Cn1cc(-c2cc(N)cc(C(F)(F)F)c2)cn1. The minimum atomic E-state index is -4.40. The first-order chi connectivity index (χ1) is 9.25. The van der Waals surface area contributed by atoms with E-state index < -0.39 is 11.7 Å². The highest BCUT2D eigenvalue weighted by Crippen LogP contribution is 2.34. The Kier molecular flexibility index (Phi) is 3.74. The number of nitrogens with two attached hydrogens (primary N) is 1. The molecule has 1 aromatic heterocycles. The lowest BCUT2D eigenvalue weighted by Gasteiger charge is -2.09. The molecule has 1 aromatic carbocycles. The van der Waals surface area contributed by atoms with Crippen LogP contribution in [-0.4, -0.2) is 9.78 Å². The van der Waals surface area contributed by atoms with Crippen molar-refractivity contribution in [2.24, 2.45) is 5.92 Å². The van der Waals surface area contributed by atoms with Gasteiger partial charge in [-0.05, 0) is 29.7 Å². The summed E-state index contributed by atoms with van der Waals surface area (Å²) >= 11 is 0. The molecule has 0 aliphatic heterocycles. The van der Waals surface area contributed by atoms with E-state index in [0.717, 1.165) is 12.1 Å². The van der Waals surface area contributed by atoms with Gasteiger partial charge in [-0.25, -0.2) is 0 Å². The van der Waals surface area contributed by atoms with E-state index in [4.69, 9.17) is 5.73 Å². The van der Waals surface area contributed by atoms with E-state index >= 15 is 0 Å². The maximum absolute atomic E-state index is 12.8. The van der Waals surface area contributed by atoms with E-state index in [1.165, 1.54) is 6.07 Å². The van der Waals surface area contributed by atoms with Crippen molar-refractivity contribution in [2.45, 2.75) is 26.6 Å². The van der Waals surface area contributed by atoms with Gasteiger partial charge < -0.3 is 5.73 Å².